The van der Waals surface area contributed by atoms with Gasteiger partial charge in [0.05, 0.1) is 0 Å². The molecular formula is C12H20N2S. The second-order valence-corrected chi connectivity index (χ2v) is 5.50. The topological polar surface area (TPSA) is 29.3 Å². The second-order valence-electron chi connectivity index (χ2n) is 4.30. The Labute approximate surface area is 96.1 Å². The van der Waals surface area contributed by atoms with Gasteiger partial charge in [0.2, 0.25) is 0 Å². The summed E-state index contributed by atoms with van der Waals surface area (Å²) in [6, 6.07) is 4.68. The first-order chi connectivity index (χ1) is 7.29. The van der Waals surface area contributed by atoms with Crippen LogP contribution in [-0.4, -0.2) is 18.0 Å². The van der Waals surface area contributed by atoms with Crippen LogP contribution in [0.2, 0.25) is 0 Å². The summed E-state index contributed by atoms with van der Waals surface area (Å²) in [6.07, 6.45) is 3.77. The molecule has 2 rings (SSSR count). The fourth-order valence-electron chi connectivity index (χ4n) is 2.04. The summed E-state index contributed by atoms with van der Waals surface area (Å²) in [7, 11) is 0. The van der Waals surface area contributed by atoms with Gasteiger partial charge in [0.25, 0.3) is 0 Å². The lowest BCUT2D eigenvalue weighted by Gasteiger charge is -2.12. The quantitative estimate of drug-likeness (QED) is 0.852. The summed E-state index contributed by atoms with van der Waals surface area (Å²) in [5, 5.41) is 0. The van der Waals surface area contributed by atoms with Crippen molar-refractivity contribution in [1.29, 1.82) is 0 Å². The van der Waals surface area contributed by atoms with Gasteiger partial charge in [-0.25, -0.2) is 0 Å². The zero-order chi connectivity index (χ0) is 10.7. The Kier molecular flexibility index (Phi) is 3.78. The van der Waals surface area contributed by atoms with Crippen molar-refractivity contribution in [2.45, 2.75) is 38.8 Å². The SMILES string of the molecule is CCC(N)c1ccc(CN2CCCC2)s1. The first kappa shape index (κ1) is 11.1. The van der Waals surface area contributed by atoms with Gasteiger partial charge in [0.15, 0.2) is 0 Å². The third-order valence-electron chi connectivity index (χ3n) is 3.07. The molecule has 3 heteroatoms. The highest BCUT2D eigenvalue weighted by Gasteiger charge is 2.13. The summed E-state index contributed by atoms with van der Waals surface area (Å²) in [5.41, 5.74) is 6.01. The molecule has 0 aromatic carbocycles. The zero-order valence-electron chi connectivity index (χ0n) is 9.41. The van der Waals surface area contributed by atoms with Crippen molar-refractivity contribution in [2.75, 3.05) is 13.1 Å². The lowest BCUT2D eigenvalue weighted by Crippen LogP contribution is -2.17. The molecule has 1 saturated heterocycles. The van der Waals surface area contributed by atoms with E-state index in [2.05, 4.69) is 24.0 Å². The Hall–Kier alpha value is -0.380. The van der Waals surface area contributed by atoms with Crippen molar-refractivity contribution in [3.63, 3.8) is 0 Å². The van der Waals surface area contributed by atoms with E-state index in [0.29, 0.717) is 0 Å². The normalized spacial score (nSPS) is 19.6. The average molecular weight is 224 g/mol. The molecule has 0 spiro atoms. The second kappa shape index (κ2) is 5.10. The summed E-state index contributed by atoms with van der Waals surface area (Å²) in [4.78, 5) is 5.34. The third kappa shape index (κ3) is 2.80. The number of nitrogens with zero attached hydrogens (tertiary/aromatic N) is 1. The largest absolute Gasteiger partial charge is 0.323 e. The van der Waals surface area contributed by atoms with Gasteiger partial charge in [-0.15, -0.1) is 11.3 Å². The minimum atomic E-state index is 0.238. The first-order valence-corrected chi connectivity index (χ1v) is 6.68. The molecule has 2 heterocycles. The Bertz CT molecular complexity index is 302. The summed E-state index contributed by atoms with van der Waals surface area (Å²) < 4.78 is 0. The highest BCUT2D eigenvalue weighted by atomic mass is 32.1. The van der Waals surface area contributed by atoms with Crippen LogP contribution in [0.4, 0.5) is 0 Å². The van der Waals surface area contributed by atoms with Crippen molar-refractivity contribution in [3.8, 4) is 0 Å². The van der Waals surface area contributed by atoms with Crippen LogP contribution in [0.1, 0.15) is 42.0 Å². The lowest BCUT2D eigenvalue weighted by molar-refractivity contribution is 0.334. The van der Waals surface area contributed by atoms with E-state index in [1.165, 1.54) is 35.7 Å². The molecule has 1 fully saturated rings. The van der Waals surface area contributed by atoms with Crippen LogP contribution < -0.4 is 5.73 Å². The predicted molar refractivity (Wildman–Crippen MR) is 66.0 cm³/mol. The van der Waals surface area contributed by atoms with E-state index in [1.807, 2.05) is 11.3 Å². The van der Waals surface area contributed by atoms with Crippen molar-refractivity contribution in [3.05, 3.63) is 21.9 Å². The van der Waals surface area contributed by atoms with E-state index in [-0.39, 0.29) is 6.04 Å². The van der Waals surface area contributed by atoms with Gasteiger partial charge in [-0.2, -0.15) is 0 Å². The molecule has 0 radical (unpaired) electrons. The average Bonchev–Trinajstić information content (AvgIpc) is 2.88. The Balaban J connectivity index is 1.94. The minimum absolute atomic E-state index is 0.238. The van der Waals surface area contributed by atoms with Crippen LogP contribution in [0.3, 0.4) is 0 Å². The van der Waals surface area contributed by atoms with Crippen molar-refractivity contribution in [1.82, 2.24) is 4.90 Å². The van der Waals surface area contributed by atoms with Gasteiger partial charge in [-0.05, 0) is 44.5 Å². The van der Waals surface area contributed by atoms with E-state index < -0.39 is 0 Å². The van der Waals surface area contributed by atoms with Gasteiger partial charge in [-0.3, -0.25) is 4.90 Å². The van der Waals surface area contributed by atoms with Gasteiger partial charge in [0, 0.05) is 22.3 Å². The Morgan fingerprint density at radius 3 is 2.80 bits per heavy atom. The van der Waals surface area contributed by atoms with E-state index in [4.69, 9.17) is 5.73 Å². The maximum absolute atomic E-state index is 6.01. The van der Waals surface area contributed by atoms with Gasteiger partial charge >= 0.3 is 0 Å². The molecule has 0 amide bonds. The molecular weight excluding hydrogens is 204 g/mol. The van der Waals surface area contributed by atoms with E-state index in [0.717, 1.165) is 13.0 Å². The molecule has 1 aliphatic rings. The van der Waals surface area contributed by atoms with Crippen molar-refractivity contribution < 1.29 is 0 Å². The van der Waals surface area contributed by atoms with Crippen LogP contribution in [0.15, 0.2) is 12.1 Å². The molecule has 0 aliphatic carbocycles. The fourth-order valence-corrected chi connectivity index (χ4v) is 3.18. The number of hydrogen-bond donors (Lipinski definition) is 1. The van der Waals surface area contributed by atoms with Crippen molar-refractivity contribution in [2.24, 2.45) is 5.73 Å². The summed E-state index contributed by atoms with van der Waals surface area (Å²) in [5.74, 6) is 0. The predicted octanol–water partition coefficient (Wildman–Crippen LogP) is 2.75. The molecule has 84 valence electrons. The Morgan fingerprint density at radius 2 is 2.13 bits per heavy atom. The standard InChI is InChI=1S/C12H20N2S/c1-2-11(13)12-6-5-10(15-12)9-14-7-3-4-8-14/h5-6,11H,2-4,7-9,13H2,1H3. The smallest absolute Gasteiger partial charge is 0.0387 e. The number of thiophene rings is 1. The molecule has 0 bridgehead atoms. The summed E-state index contributed by atoms with van der Waals surface area (Å²) >= 11 is 1.89. The minimum Gasteiger partial charge on any atom is -0.323 e. The van der Waals surface area contributed by atoms with Crippen LogP contribution >= 0.6 is 11.3 Å². The van der Waals surface area contributed by atoms with E-state index in [1.54, 1.807) is 0 Å². The Morgan fingerprint density at radius 1 is 1.40 bits per heavy atom. The maximum atomic E-state index is 6.01. The van der Waals surface area contributed by atoms with Gasteiger partial charge < -0.3 is 5.73 Å². The number of nitrogens with two attached hydrogens (primary N) is 1. The molecule has 1 aromatic rings. The van der Waals surface area contributed by atoms with E-state index >= 15 is 0 Å². The van der Waals surface area contributed by atoms with Crippen LogP contribution in [0.5, 0.6) is 0 Å². The monoisotopic (exact) mass is 224 g/mol. The molecule has 1 atom stereocenters. The van der Waals surface area contributed by atoms with Crippen LogP contribution in [0.25, 0.3) is 0 Å². The number of rotatable bonds is 4. The molecule has 2 N–H and O–H groups in total. The van der Waals surface area contributed by atoms with Crippen LogP contribution in [-0.2, 0) is 6.54 Å². The molecule has 15 heavy (non-hydrogen) atoms. The maximum Gasteiger partial charge on any atom is 0.0387 e. The summed E-state index contributed by atoms with van der Waals surface area (Å²) in [6.45, 7) is 5.81. The van der Waals surface area contributed by atoms with Crippen LogP contribution in [0, 0.1) is 0 Å². The molecule has 0 saturated carbocycles. The molecule has 1 aromatic heterocycles. The number of likely N-dealkylation sites (tertiary alicyclic amines) is 1. The fraction of sp³-hybridized carbons (Fsp3) is 0.667. The highest BCUT2D eigenvalue weighted by Crippen LogP contribution is 2.25. The van der Waals surface area contributed by atoms with Gasteiger partial charge in [-0.1, -0.05) is 6.92 Å². The molecule has 2 nitrogen and oxygen atoms in total. The van der Waals surface area contributed by atoms with Gasteiger partial charge in [0.1, 0.15) is 0 Å². The highest BCUT2D eigenvalue weighted by molar-refractivity contribution is 7.12. The number of hydrogen-bond acceptors (Lipinski definition) is 3. The van der Waals surface area contributed by atoms with Crippen molar-refractivity contribution >= 4 is 11.3 Å². The van der Waals surface area contributed by atoms with E-state index in [9.17, 15) is 0 Å². The lowest BCUT2D eigenvalue weighted by atomic mass is 10.2. The molecule has 1 unspecified atom stereocenters. The first-order valence-electron chi connectivity index (χ1n) is 5.86. The third-order valence-corrected chi connectivity index (χ3v) is 4.27. The molecule has 1 aliphatic heterocycles. The zero-order valence-corrected chi connectivity index (χ0v) is 10.2.